The molecule has 2 N–H and O–H groups in total. The summed E-state index contributed by atoms with van der Waals surface area (Å²) in [6.07, 6.45) is 7.83. The molecule has 1 spiro atoms. The molecule has 19 heavy (non-hydrogen) atoms. The Labute approximate surface area is 114 Å². The number of carbonyl (C=O) groups excluding carboxylic acids is 1. The van der Waals surface area contributed by atoms with Crippen molar-refractivity contribution in [3.8, 4) is 0 Å². The van der Waals surface area contributed by atoms with E-state index in [1.54, 1.807) is 0 Å². The second-order valence-corrected chi connectivity index (χ2v) is 5.99. The monoisotopic (exact) mass is 258 g/mol. The van der Waals surface area contributed by atoms with Gasteiger partial charge in [0.15, 0.2) is 0 Å². The highest BCUT2D eigenvalue weighted by atomic mass is 16.2. The van der Waals surface area contributed by atoms with Gasteiger partial charge in [0.2, 0.25) is 0 Å². The lowest BCUT2D eigenvalue weighted by Crippen LogP contribution is -2.38. The zero-order valence-electron chi connectivity index (χ0n) is 11.3. The van der Waals surface area contributed by atoms with Gasteiger partial charge in [0, 0.05) is 12.6 Å². The molecule has 3 rings (SSSR count). The highest BCUT2D eigenvalue weighted by molar-refractivity contribution is 5.74. The number of amides is 2. The zero-order valence-corrected chi connectivity index (χ0v) is 11.3. The van der Waals surface area contributed by atoms with Gasteiger partial charge < -0.3 is 10.6 Å². The molecule has 2 aliphatic carbocycles. The molecule has 1 unspecified atom stereocenters. The average molecular weight is 258 g/mol. The summed E-state index contributed by atoms with van der Waals surface area (Å²) >= 11 is 0. The Morgan fingerprint density at radius 2 is 1.89 bits per heavy atom. The van der Waals surface area contributed by atoms with E-state index < -0.39 is 0 Å². The van der Waals surface area contributed by atoms with Gasteiger partial charge >= 0.3 is 6.03 Å². The fourth-order valence-corrected chi connectivity index (χ4v) is 3.35. The Bertz CT molecular complexity index is 437. The summed E-state index contributed by atoms with van der Waals surface area (Å²) in [5, 5.41) is 6.08. The lowest BCUT2D eigenvalue weighted by Gasteiger charge is -2.22. The van der Waals surface area contributed by atoms with Gasteiger partial charge in [-0.15, -0.1) is 0 Å². The van der Waals surface area contributed by atoms with E-state index in [0.717, 1.165) is 5.56 Å². The van der Waals surface area contributed by atoms with Crippen molar-refractivity contribution in [3.63, 3.8) is 0 Å². The molecule has 0 saturated heterocycles. The first-order chi connectivity index (χ1) is 9.28. The number of carbonyl (C=O) groups is 1. The maximum absolute atomic E-state index is 11.9. The Morgan fingerprint density at radius 3 is 2.63 bits per heavy atom. The topological polar surface area (TPSA) is 41.1 Å². The van der Waals surface area contributed by atoms with Crippen molar-refractivity contribution >= 4 is 6.03 Å². The third-order valence-corrected chi connectivity index (χ3v) is 4.64. The van der Waals surface area contributed by atoms with Gasteiger partial charge in [-0.3, -0.25) is 0 Å². The molecule has 3 nitrogen and oxygen atoms in total. The summed E-state index contributed by atoms with van der Waals surface area (Å²) < 4.78 is 0. The number of hydrogen-bond donors (Lipinski definition) is 2. The SMILES string of the molecule is O=C(NCc1ccccc1)NC1CC12CCCCC2. The minimum Gasteiger partial charge on any atom is -0.335 e. The summed E-state index contributed by atoms with van der Waals surface area (Å²) in [4.78, 5) is 11.9. The molecular formula is C16H22N2O. The first-order valence-corrected chi connectivity index (χ1v) is 7.37. The van der Waals surface area contributed by atoms with Crippen LogP contribution >= 0.6 is 0 Å². The molecule has 3 heteroatoms. The molecule has 102 valence electrons. The smallest absolute Gasteiger partial charge is 0.315 e. The van der Waals surface area contributed by atoms with E-state index in [9.17, 15) is 4.79 Å². The summed E-state index contributed by atoms with van der Waals surface area (Å²) in [6.45, 7) is 0.604. The molecule has 2 fully saturated rings. The van der Waals surface area contributed by atoms with Crippen molar-refractivity contribution in [2.75, 3.05) is 0 Å². The largest absolute Gasteiger partial charge is 0.335 e. The second kappa shape index (κ2) is 5.24. The summed E-state index contributed by atoms with van der Waals surface area (Å²) in [5.74, 6) is 0. The third kappa shape index (κ3) is 2.91. The van der Waals surface area contributed by atoms with Crippen LogP contribution in [0, 0.1) is 5.41 Å². The number of urea groups is 1. The lowest BCUT2D eigenvalue weighted by molar-refractivity contribution is 0.235. The van der Waals surface area contributed by atoms with E-state index in [2.05, 4.69) is 10.6 Å². The normalized spacial score (nSPS) is 23.9. The lowest BCUT2D eigenvalue weighted by atomic mass is 9.86. The second-order valence-electron chi connectivity index (χ2n) is 5.99. The molecule has 0 aromatic heterocycles. The highest BCUT2D eigenvalue weighted by Gasteiger charge is 2.54. The molecule has 0 bridgehead atoms. The summed E-state index contributed by atoms with van der Waals surface area (Å²) in [5.41, 5.74) is 1.60. The van der Waals surface area contributed by atoms with E-state index in [4.69, 9.17) is 0 Å². The third-order valence-electron chi connectivity index (χ3n) is 4.64. The average Bonchev–Trinajstić information content (AvgIpc) is 3.10. The quantitative estimate of drug-likeness (QED) is 0.858. The number of nitrogens with one attached hydrogen (secondary N) is 2. The van der Waals surface area contributed by atoms with E-state index >= 15 is 0 Å². The van der Waals surface area contributed by atoms with Gasteiger partial charge in [-0.2, -0.15) is 0 Å². The Balaban J connectivity index is 1.43. The molecule has 2 amide bonds. The van der Waals surface area contributed by atoms with Crippen molar-refractivity contribution in [2.45, 2.75) is 51.1 Å². The van der Waals surface area contributed by atoms with Crippen LogP contribution in [0.4, 0.5) is 4.79 Å². The van der Waals surface area contributed by atoms with E-state index in [1.807, 2.05) is 30.3 Å². The molecule has 1 aromatic rings. The van der Waals surface area contributed by atoms with Crippen LogP contribution in [0.3, 0.4) is 0 Å². The van der Waals surface area contributed by atoms with Crippen LogP contribution in [0.1, 0.15) is 44.1 Å². The molecule has 1 aromatic carbocycles. The molecule has 0 aliphatic heterocycles. The number of rotatable bonds is 3. The first kappa shape index (κ1) is 12.5. The van der Waals surface area contributed by atoms with Gasteiger partial charge in [-0.05, 0) is 30.2 Å². The standard InChI is InChI=1S/C16H22N2O/c19-15(17-12-13-7-3-1-4-8-13)18-14-11-16(14)9-5-2-6-10-16/h1,3-4,7-8,14H,2,5-6,9-12H2,(H2,17,18,19). The first-order valence-electron chi connectivity index (χ1n) is 7.37. The Hall–Kier alpha value is -1.51. The predicted octanol–water partition coefficient (Wildman–Crippen LogP) is 3.21. The Morgan fingerprint density at radius 1 is 1.16 bits per heavy atom. The van der Waals surface area contributed by atoms with Crippen LogP contribution in [0.2, 0.25) is 0 Å². The van der Waals surface area contributed by atoms with E-state index in [0.29, 0.717) is 18.0 Å². The summed E-state index contributed by atoms with van der Waals surface area (Å²) in [6, 6.07) is 10.4. The Kier molecular flexibility index (Phi) is 3.45. The summed E-state index contributed by atoms with van der Waals surface area (Å²) in [7, 11) is 0. The van der Waals surface area contributed by atoms with Crippen LogP contribution < -0.4 is 10.6 Å². The van der Waals surface area contributed by atoms with Gasteiger partial charge in [0.1, 0.15) is 0 Å². The maximum Gasteiger partial charge on any atom is 0.315 e. The van der Waals surface area contributed by atoms with Gasteiger partial charge in [0.25, 0.3) is 0 Å². The predicted molar refractivity (Wildman–Crippen MR) is 75.7 cm³/mol. The molecule has 0 radical (unpaired) electrons. The zero-order chi connectivity index (χ0) is 13.1. The van der Waals surface area contributed by atoms with Gasteiger partial charge in [0.05, 0.1) is 0 Å². The van der Waals surface area contributed by atoms with Crippen molar-refractivity contribution < 1.29 is 4.79 Å². The number of benzene rings is 1. The van der Waals surface area contributed by atoms with Crippen LogP contribution in [-0.2, 0) is 6.54 Å². The molecule has 2 saturated carbocycles. The highest BCUT2D eigenvalue weighted by Crippen LogP contribution is 2.56. The van der Waals surface area contributed by atoms with E-state index in [1.165, 1.54) is 38.5 Å². The molecule has 0 heterocycles. The van der Waals surface area contributed by atoms with Crippen molar-refractivity contribution in [3.05, 3.63) is 35.9 Å². The fraction of sp³-hybridized carbons (Fsp3) is 0.562. The van der Waals surface area contributed by atoms with E-state index in [-0.39, 0.29) is 6.03 Å². The molecular weight excluding hydrogens is 236 g/mol. The van der Waals surface area contributed by atoms with Gasteiger partial charge in [-0.25, -0.2) is 4.79 Å². The van der Waals surface area contributed by atoms with Crippen molar-refractivity contribution in [2.24, 2.45) is 5.41 Å². The molecule has 1 atom stereocenters. The van der Waals surface area contributed by atoms with Crippen molar-refractivity contribution in [1.29, 1.82) is 0 Å². The van der Waals surface area contributed by atoms with Crippen LogP contribution in [0.15, 0.2) is 30.3 Å². The van der Waals surface area contributed by atoms with Crippen LogP contribution in [0.5, 0.6) is 0 Å². The minimum absolute atomic E-state index is 0.0173. The number of hydrogen-bond acceptors (Lipinski definition) is 1. The maximum atomic E-state index is 11.9. The molecule has 2 aliphatic rings. The van der Waals surface area contributed by atoms with Crippen LogP contribution in [-0.4, -0.2) is 12.1 Å². The van der Waals surface area contributed by atoms with Crippen molar-refractivity contribution in [1.82, 2.24) is 10.6 Å². The fourth-order valence-electron chi connectivity index (χ4n) is 3.35. The van der Waals surface area contributed by atoms with Crippen LogP contribution in [0.25, 0.3) is 0 Å². The van der Waals surface area contributed by atoms with Gasteiger partial charge in [-0.1, -0.05) is 49.6 Å². The minimum atomic E-state index is -0.0173.